The van der Waals surface area contributed by atoms with Gasteiger partial charge in [0, 0.05) is 80.2 Å². The maximum absolute atomic E-state index is 15.6. The molecule has 16 rings (SSSR count). The molecule has 0 aliphatic carbocycles. The normalized spacial score (nSPS) is 11.4. The number of pyridine rings is 4. The fraction of sp³-hybridized carbons (Fsp3) is 0. The van der Waals surface area contributed by atoms with Crippen LogP contribution in [0.25, 0.3) is 156 Å². The third kappa shape index (κ3) is 9.62. The Morgan fingerprint density at radius 3 is 0.856 bits per heavy atom. The summed E-state index contributed by atoms with van der Waals surface area (Å²) in [6.45, 7) is 0. The van der Waals surface area contributed by atoms with E-state index in [2.05, 4.69) is 161 Å². The lowest BCUT2D eigenvalue weighted by Gasteiger charge is -2.20. The molecular formula is C81H49F2N7. The van der Waals surface area contributed by atoms with Gasteiger partial charge in [-0.1, -0.05) is 146 Å². The molecule has 0 N–H and O–H groups in total. The van der Waals surface area contributed by atoms with E-state index in [9.17, 15) is 5.26 Å². The highest BCUT2D eigenvalue weighted by molar-refractivity contribution is 6.14. The number of aromatic nitrogens is 6. The van der Waals surface area contributed by atoms with Crippen LogP contribution in [0.5, 0.6) is 0 Å². The molecule has 0 saturated carbocycles. The first-order chi connectivity index (χ1) is 44.3. The van der Waals surface area contributed by atoms with Gasteiger partial charge < -0.3 is 9.13 Å². The van der Waals surface area contributed by atoms with E-state index in [1.165, 1.54) is 12.1 Å². The number of nitriles is 1. The van der Waals surface area contributed by atoms with Gasteiger partial charge >= 0.3 is 0 Å². The molecule has 0 bridgehead atoms. The minimum absolute atomic E-state index is 0.233. The predicted molar refractivity (Wildman–Crippen MR) is 360 cm³/mol. The SMILES string of the molecule is N#Cc1cc(-n2c3ccc(-c4ccnc(-c5ccccc5)c4)cc3c3cc(-c4ccnc(-c5ccccc5)c4)ccc32)c(-n2c3ccc(-c4ccnc(-c5ccccc5)c4)cc3c3cc(-c4ccnc(-c5ccccc5)c4)ccc32)cc1-c1cc(F)cc(F)c1. The minimum Gasteiger partial charge on any atom is -0.307 e. The first-order valence-electron chi connectivity index (χ1n) is 29.6. The topological polar surface area (TPSA) is 85.2 Å². The van der Waals surface area contributed by atoms with Crippen molar-refractivity contribution in [2.45, 2.75) is 0 Å². The molecule has 0 saturated heterocycles. The van der Waals surface area contributed by atoms with E-state index < -0.39 is 11.6 Å². The van der Waals surface area contributed by atoms with Crippen molar-refractivity contribution in [1.82, 2.24) is 29.1 Å². The Bertz CT molecular complexity index is 5220. The van der Waals surface area contributed by atoms with Crippen LogP contribution in [0.15, 0.2) is 298 Å². The summed E-state index contributed by atoms with van der Waals surface area (Å²) < 4.78 is 35.6. The Hall–Kier alpha value is -12.3. The highest BCUT2D eigenvalue weighted by Gasteiger charge is 2.25. The molecule has 0 atom stereocenters. The molecule has 0 unspecified atom stereocenters. The van der Waals surface area contributed by atoms with E-state index in [0.29, 0.717) is 16.9 Å². The second kappa shape index (κ2) is 22.2. The van der Waals surface area contributed by atoms with E-state index in [1.54, 1.807) is 0 Å². The maximum Gasteiger partial charge on any atom is 0.126 e. The zero-order chi connectivity index (χ0) is 60.2. The van der Waals surface area contributed by atoms with Crippen LogP contribution in [-0.2, 0) is 0 Å². The number of halogens is 2. The lowest BCUT2D eigenvalue weighted by Crippen LogP contribution is -2.05. The first kappa shape index (κ1) is 53.2. The number of fused-ring (bicyclic) bond motifs is 6. The summed E-state index contributed by atoms with van der Waals surface area (Å²) >= 11 is 0. The monoisotopic (exact) mass is 1160 g/mol. The van der Waals surface area contributed by atoms with Crippen molar-refractivity contribution >= 4 is 43.6 Å². The largest absolute Gasteiger partial charge is 0.307 e. The van der Waals surface area contributed by atoms with Crippen molar-refractivity contribution in [3.8, 4) is 118 Å². The van der Waals surface area contributed by atoms with Crippen molar-refractivity contribution in [1.29, 1.82) is 5.26 Å². The Balaban J connectivity index is 0.973. The molecule has 7 nitrogen and oxygen atoms in total. The number of nitrogens with zero attached hydrogens (tertiary/aromatic N) is 7. The van der Waals surface area contributed by atoms with Crippen LogP contribution in [0.1, 0.15) is 5.56 Å². The van der Waals surface area contributed by atoms with Gasteiger partial charge in [-0.05, 0) is 171 Å². The van der Waals surface area contributed by atoms with Crippen molar-refractivity contribution in [3.05, 3.63) is 315 Å². The number of rotatable bonds is 11. The summed E-state index contributed by atoms with van der Waals surface area (Å²) in [4.78, 5) is 19.1. The summed E-state index contributed by atoms with van der Waals surface area (Å²) in [6.07, 6.45) is 7.42. The Morgan fingerprint density at radius 2 is 0.556 bits per heavy atom. The van der Waals surface area contributed by atoms with Crippen LogP contribution in [-0.4, -0.2) is 29.1 Å². The van der Waals surface area contributed by atoms with E-state index in [1.807, 2.05) is 134 Å². The van der Waals surface area contributed by atoms with Crippen molar-refractivity contribution < 1.29 is 8.78 Å². The van der Waals surface area contributed by atoms with Crippen LogP contribution in [0.4, 0.5) is 8.78 Å². The highest BCUT2D eigenvalue weighted by atomic mass is 19.1. The van der Waals surface area contributed by atoms with Gasteiger partial charge in [0.15, 0.2) is 0 Å². The van der Waals surface area contributed by atoms with Crippen LogP contribution in [0.3, 0.4) is 0 Å². The molecule has 0 fully saturated rings. The second-order valence-electron chi connectivity index (χ2n) is 22.4. The zero-order valence-electron chi connectivity index (χ0n) is 48.2. The lowest BCUT2D eigenvalue weighted by atomic mass is 9.97. The zero-order valence-corrected chi connectivity index (χ0v) is 48.2. The van der Waals surface area contributed by atoms with Crippen LogP contribution < -0.4 is 0 Å². The van der Waals surface area contributed by atoms with Gasteiger partial charge in [0.2, 0.25) is 0 Å². The quantitative estimate of drug-likeness (QED) is 0.129. The fourth-order valence-corrected chi connectivity index (χ4v) is 12.8. The summed E-state index contributed by atoms with van der Waals surface area (Å²) in [7, 11) is 0. The summed E-state index contributed by atoms with van der Waals surface area (Å²) in [5.74, 6) is -1.50. The minimum atomic E-state index is -0.751. The number of hydrogen-bond donors (Lipinski definition) is 0. The fourth-order valence-electron chi connectivity index (χ4n) is 12.8. The maximum atomic E-state index is 15.6. The van der Waals surface area contributed by atoms with E-state index >= 15 is 8.78 Å². The Kier molecular flexibility index (Phi) is 13.2. The molecule has 6 heterocycles. The molecule has 0 aliphatic rings. The second-order valence-corrected chi connectivity index (χ2v) is 22.4. The van der Waals surface area contributed by atoms with Crippen molar-refractivity contribution in [3.63, 3.8) is 0 Å². The molecule has 9 heteroatoms. The van der Waals surface area contributed by atoms with E-state index in [0.717, 1.165) is 139 Å². The van der Waals surface area contributed by atoms with E-state index in [-0.39, 0.29) is 11.1 Å². The van der Waals surface area contributed by atoms with Gasteiger partial charge in [-0.25, -0.2) is 8.78 Å². The van der Waals surface area contributed by atoms with Crippen LogP contribution in [0, 0.1) is 23.0 Å². The third-order valence-corrected chi connectivity index (χ3v) is 17.1. The third-order valence-electron chi connectivity index (χ3n) is 17.1. The predicted octanol–water partition coefficient (Wildman–Crippen LogP) is 20.6. The molecule has 90 heavy (non-hydrogen) atoms. The molecule has 0 spiro atoms. The van der Waals surface area contributed by atoms with Crippen LogP contribution in [0.2, 0.25) is 0 Å². The molecule has 6 aromatic heterocycles. The molecule has 10 aromatic carbocycles. The molecule has 422 valence electrons. The average molecular weight is 1160 g/mol. The Morgan fingerprint density at radius 1 is 0.267 bits per heavy atom. The number of hydrogen-bond acceptors (Lipinski definition) is 5. The summed E-state index contributed by atoms with van der Waals surface area (Å²) in [6, 6.07) is 93.2. The van der Waals surface area contributed by atoms with E-state index in [4.69, 9.17) is 19.9 Å². The standard InChI is InChI=1S/C81H49F2N7/c82-65-37-63(38-66(83)48-65)67-49-81(90-78-27-23-57(61-31-35-87-74(45-61)53-17-9-3-10-18-53)41-70(78)71-42-58(24-28-79(71)90)62-32-36-88-75(46-62)54-19-11-4-12-20-54)80(47-64(67)50-84)89-76-25-21-55(59-29-33-85-72(43-59)51-13-5-1-6-14-51)39-68(76)69-40-56(22-26-77(69)89)60-30-34-86-73(44-60)52-15-7-2-8-16-52/h1-49H. The van der Waals surface area contributed by atoms with Gasteiger partial charge in [0.25, 0.3) is 0 Å². The molecule has 0 aliphatic heterocycles. The van der Waals surface area contributed by atoms with Gasteiger partial charge in [-0.3, -0.25) is 19.9 Å². The molecule has 0 amide bonds. The average Bonchev–Trinajstić information content (AvgIpc) is 1.58. The van der Waals surface area contributed by atoms with Crippen molar-refractivity contribution in [2.24, 2.45) is 0 Å². The first-order valence-corrected chi connectivity index (χ1v) is 29.6. The molecule has 16 aromatic rings. The molecular weight excluding hydrogens is 1110 g/mol. The highest BCUT2D eigenvalue weighted by Crippen LogP contribution is 2.45. The number of benzene rings is 10. The summed E-state index contributed by atoms with van der Waals surface area (Å²) in [5.41, 5.74) is 21.1. The van der Waals surface area contributed by atoms with Gasteiger partial charge in [0.1, 0.15) is 11.6 Å². The lowest BCUT2D eigenvalue weighted by molar-refractivity contribution is 0.584. The Labute approximate surface area is 517 Å². The summed E-state index contributed by atoms with van der Waals surface area (Å²) in [5, 5.41) is 15.2. The smallest absolute Gasteiger partial charge is 0.126 e. The molecule has 0 radical (unpaired) electrons. The van der Waals surface area contributed by atoms with Crippen molar-refractivity contribution in [2.75, 3.05) is 0 Å². The van der Waals surface area contributed by atoms with Gasteiger partial charge in [-0.2, -0.15) is 5.26 Å². The van der Waals surface area contributed by atoms with Gasteiger partial charge in [0.05, 0.1) is 67.8 Å². The van der Waals surface area contributed by atoms with Crippen LogP contribution >= 0.6 is 0 Å². The van der Waals surface area contributed by atoms with Gasteiger partial charge in [-0.15, -0.1) is 0 Å².